The second-order valence-corrected chi connectivity index (χ2v) is 6.59. The molecule has 1 N–H and O–H groups in total. The van der Waals surface area contributed by atoms with Crippen molar-refractivity contribution in [1.29, 1.82) is 0 Å². The molecule has 2 nitrogen and oxygen atoms in total. The average molecular weight is 299 g/mol. The number of ether oxygens (including phenoxy) is 1. The van der Waals surface area contributed by atoms with E-state index >= 15 is 0 Å². The molecule has 0 radical (unpaired) electrons. The summed E-state index contributed by atoms with van der Waals surface area (Å²) < 4.78 is 5.38. The lowest BCUT2D eigenvalue weighted by Gasteiger charge is -2.21. The number of hydrogen-bond acceptors (Lipinski definition) is 3. The van der Waals surface area contributed by atoms with Crippen LogP contribution in [0.15, 0.2) is 53.4 Å². The Kier molecular flexibility index (Phi) is 4.51. The van der Waals surface area contributed by atoms with Gasteiger partial charge in [0, 0.05) is 16.2 Å². The van der Waals surface area contributed by atoms with Gasteiger partial charge < -0.3 is 10.1 Å². The van der Waals surface area contributed by atoms with Gasteiger partial charge >= 0.3 is 0 Å². The first-order chi connectivity index (χ1) is 10.3. The number of fused-ring (bicyclic) bond motifs is 1. The fourth-order valence-electron chi connectivity index (χ4n) is 2.96. The zero-order valence-electron chi connectivity index (χ0n) is 12.5. The van der Waals surface area contributed by atoms with Gasteiger partial charge in [0.15, 0.2) is 0 Å². The number of benzene rings is 2. The molecule has 2 unspecified atom stereocenters. The Morgan fingerprint density at radius 2 is 2.00 bits per heavy atom. The van der Waals surface area contributed by atoms with E-state index in [0.29, 0.717) is 11.3 Å². The molecule has 0 amide bonds. The third kappa shape index (κ3) is 3.09. The maximum absolute atomic E-state index is 5.38. The van der Waals surface area contributed by atoms with Crippen LogP contribution in [0.5, 0.6) is 5.75 Å². The maximum atomic E-state index is 5.38. The summed E-state index contributed by atoms with van der Waals surface area (Å²) in [6.45, 7) is 3.15. The van der Waals surface area contributed by atoms with E-state index in [-0.39, 0.29) is 0 Å². The van der Waals surface area contributed by atoms with Crippen molar-refractivity contribution in [2.45, 2.75) is 29.5 Å². The molecule has 0 aliphatic heterocycles. The average Bonchev–Trinajstić information content (AvgIpc) is 2.85. The zero-order valence-corrected chi connectivity index (χ0v) is 13.3. The Morgan fingerprint density at radius 3 is 2.71 bits per heavy atom. The number of hydrogen-bond donors (Lipinski definition) is 1. The summed E-state index contributed by atoms with van der Waals surface area (Å²) in [5, 5.41) is 4.18. The Labute approximate surface area is 130 Å². The molecule has 0 heterocycles. The minimum atomic E-state index is 0.394. The van der Waals surface area contributed by atoms with Crippen LogP contribution in [0, 0.1) is 0 Å². The van der Waals surface area contributed by atoms with Crippen molar-refractivity contribution in [2.75, 3.05) is 13.7 Å². The molecule has 0 saturated heterocycles. The van der Waals surface area contributed by atoms with E-state index < -0.39 is 0 Å². The summed E-state index contributed by atoms with van der Waals surface area (Å²) in [6.07, 6.45) is 1.11. The van der Waals surface area contributed by atoms with E-state index in [1.807, 2.05) is 11.8 Å². The van der Waals surface area contributed by atoms with Crippen molar-refractivity contribution < 1.29 is 4.74 Å². The molecule has 0 spiro atoms. The first kappa shape index (κ1) is 14.5. The van der Waals surface area contributed by atoms with Gasteiger partial charge in [0.1, 0.15) is 5.75 Å². The molecular weight excluding hydrogens is 278 g/mol. The normalized spacial score (nSPS) is 20.3. The third-order valence-electron chi connectivity index (χ3n) is 3.94. The molecule has 1 aliphatic carbocycles. The molecule has 3 heteroatoms. The van der Waals surface area contributed by atoms with Gasteiger partial charge in [-0.05, 0) is 48.4 Å². The van der Waals surface area contributed by atoms with Crippen LogP contribution in [-0.2, 0) is 6.42 Å². The predicted molar refractivity (Wildman–Crippen MR) is 89.2 cm³/mol. The summed E-state index contributed by atoms with van der Waals surface area (Å²) in [5.74, 6) is 0.946. The van der Waals surface area contributed by atoms with Crippen LogP contribution >= 0.6 is 11.8 Å². The van der Waals surface area contributed by atoms with Crippen LogP contribution in [0.3, 0.4) is 0 Å². The lowest BCUT2D eigenvalue weighted by molar-refractivity contribution is 0.413. The van der Waals surface area contributed by atoms with Crippen LogP contribution < -0.4 is 10.1 Å². The van der Waals surface area contributed by atoms with Gasteiger partial charge in [0.05, 0.1) is 7.11 Å². The van der Waals surface area contributed by atoms with Gasteiger partial charge in [-0.25, -0.2) is 0 Å². The number of methoxy groups -OCH3 is 1. The Balaban J connectivity index is 1.85. The zero-order chi connectivity index (χ0) is 14.7. The standard InChI is InChI=1S/C18H21NOS/c1-3-19-18-16-12-14(20-2)10-9-13(16)11-17(18)21-15-7-5-4-6-8-15/h4-10,12,17-19H,3,11H2,1-2H3. The lowest BCUT2D eigenvalue weighted by atomic mass is 10.1. The second-order valence-electron chi connectivity index (χ2n) is 5.27. The summed E-state index contributed by atoms with van der Waals surface area (Å²) in [7, 11) is 1.73. The Hall–Kier alpha value is -1.45. The number of nitrogens with one attached hydrogen (secondary N) is 1. The van der Waals surface area contributed by atoms with Crippen LogP contribution in [-0.4, -0.2) is 18.9 Å². The summed E-state index contributed by atoms with van der Waals surface area (Å²) in [6, 6.07) is 17.5. The van der Waals surface area contributed by atoms with Crippen molar-refractivity contribution in [1.82, 2.24) is 5.32 Å². The molecule has 0 bridgehead atoms. The minimum Gasteiger partial charge on any atom is -0.497 e. The van der Waals surface area contributed by atoms with Crippen molar-refractivity contribution in [3.05, 3.63) is 59.7 Å². The van der Waals surface area contributed by atoms with E-state index in [1.165, 1.54) is 16.0 Å². The molecule has 2 atom stereocenters. The monoisotopic (exact) mass is 299 g/mol. The molecule has 2 aromatic carbocycles. The largest absolute Gasteiger partial charge is 0.497 e. The highest BCUT2D eigenvalue weighted by Gasteiger charge is 2.32. The number of thioether (sulfide) groups is 1. The highest BCUT2D eigenvalue weighted by molar-refractivity contribution is 8.00. The highest BCUT2D eigenvalue weighted by atomic mass is 32.2. The summed E-state index contributed by atoms with van der Waals surface area (Å²) in [5.41, 5.74) is 2.83. The summed E-state index contributed by atoms with van der Waals surface area (Å²) >= 11 is 1.97. The molecular formula is C18H21NOS. The highest BCUT2D eigenvalue weighted by Crippen LogP contribution is 2.42. The van der Waals surface area contributed by atoms with Crippen molar-refractivity contribution in [3.63, 3.8) is 0 Å². The fraction of sp³-hybridized carbons (Fsp3) is 0.333. The second kappa shape index (κ2) is 6.54. The maximum Gasteiger partial charge on any atom is 0.119 e. The van der Waals surface area contributed by atoms with E-state index in [1.54, 1.807) is 7.11 Å². The molecule has 110 valence electrons. The van der Waals surface area contributed by atoms with Crippen LogP contribution in [0.25, 0.3) is 0 Å². The Bertz CT molecular complexity index is 599. The van der Waals surface area contributed by atoms with Gasteiger partial charge in [-0.2, -0.15) is 0 Å². The molecule has 0 saturated carbocycles. The quantitative estimate of drug-likeness (QED) is 0.899. The first-order valence-corrected chi connectivity index (χ1v) is 8.31. The third-order valence-corrected chi connectivity index (χ3v) is 5.22. The van der Waals surface area contributed by atoms with Gasteiger partial charge in [-0.3, -0.25) is 0 Å². The molecule has 3 rings (SSSR count). The molecule has 0 aromatic heterocycles. The van der Waals surface area contributed by atoms with E-state index in [2.05, 4.69) is 60.8 Å². The SMILES string of the molecule is CCNC1c2cc(OC)ccc2CC1Sc1ccccc1. The van der Waals surface area contributed by atoms with Crippen LogP contribution in [0.4, 0.5) is 0 Å². The minimum absolute atomic E-state index is 0.394. The van der Waals surface area contributed by atoms with E-state index in [4.69, 9.17) is 4.74 Å². The van der Waals surface area contributed by atoms with Crippen molar-refractivity contribution in [2.24, 2.45) is 0 Å². The van der Waals surface area contributed by atoms with Crippen LogP contribution in [0.1, 0.15) is 24.1 Å². The molecule has 1 aliphatic rings. The van der Waals surface area contributed by atoms with Crippen molar-refractivity contribution in [3.8, 4) is 5.75 Å². The number of rotatable bonds is 5. The van der Waals surface area contributed by atoms with Gasteiger partial charge in [0.25, 0.3) is 0 Å². The van der Waals surface area contributed by atoms with E-state index in [0.717, 1.165) is 18.7 Å². The topological polar surface area (TPSA) is 21.3 Å². The summed E-state index contributed by atoms with van der Waals surface area (Å²) in [4.78, 5) is 1.34. The fourth-order valence-corrected chi connectivity index (χ4v) is 4.26. The van der Waals surface area contributed by atoms with Gasteiger partial charge in [-0.15, -0.1) is 11.8 Å². The van der Waals surface area contributed by atoms with Crippen LogP contribution in [0.2, 0.25) is 0 Å². The van der Waals surface area contributed by atoms with E-state index in [9.17, 15) is 0 Å². The molecule has 21 heavy (non-hydrogen) atoms. The van der Waals surface area contributed by atoms with Gasteiger partial charge in [0.2, 0.25) is 0 Å². The van der Waals surface area contributed by atoms with Crippen molar-refractivity contribution >= 4 is 11.8 Å². The molecule has 0 fully saturated rings. The Morgan fingerprint density at radius 1 is 1.19 bits per heavy atom. The van der Waals surface area contributed by atoms with Gasteiger partial charge in [-0.1, -0.05) is 31.2 Å². The molecule has 2 aromatic rings. The predicted octanol–water partition coefficient (Wildman–Crippen LogP) is 4.06. The lowest BCUT2D eigenvalue weighted by Crippen LogP contribution is -2.26. The first-order valence-electron chi connectivity index (χ1n) is 7.43. The smallest absolute Gasteiger partial charge is 0.119 e.